The SMILES string of the molecule is COc1ccc(C=C(C#N)S(=O)(=O)c2ccc(C)cc2)cc1[N+](=O)[O-]. The predicted molar refractivity (Wildman–Crippen MR) is 91.6 cm³/mol. The van der Waals surface area contributed by atoms with Crippen molar-refractivity contribution < 1.29 is 18.1 Å². The molecule has 2 aromatic rings. The Hall–Kier alpha value is -3.18. The average molecular weight is 358 g/mol. The summed E-state index contributed by atoms with van der Waals surface area (Å²) in [6.45, 7) is 1.81. The Kier molecular flexibility index (Phi) is 5.20. The summed E-state index contributed by atoms with van der Waals surface area (Å²) in [6, 6.07) is 11.7. The Balaban J connectivity index is 2.54. The van der Waals surface area contributed by atoms with Gasteiger partial charge in [-0.15, -0.1) is 0 Å². The molecule has 25 heavy (non-hydrogen) atoms. The Labute approximate surface area is 144 Å². The van der Waals surface area contributed by atoms with Gasteiger partial charge >= 0.3 is 5.69 Å². The van der Waals surface area contributed by atoms with Gasteiger partial charge in [0.15, 0.2) is 5.75 Å². The van der Waals surface area contributed by atoms with Crippen LogP contribution in [-0.2, 0) is 9.84 Å². The average Bonchev–Trinajstić information content (AvgIpc) is 2.59. The minimum atomic E-state index is -4.02. The maximum Gasteiger partial charge on any atom is 0.311 e. The van der Waals surface area contributed by atoms with Crippen molar-refractivity contribution in [1.29, 1.82) is 5.26 Å². The van der Waals surface area contributed by atoms with Gasteiger partial charge < -0.3 is 4.74 Å². The Bertz CT molecular complexity index is 987. The van der Waals surface area contributed by atoms with Crippen LogP contribution < -0.4 is 4.74 Å². The maximum atomic E-state index is 12.6. The Morgan fingerprint density at radius 1 is 1.24 bits per heavy atom. The number of nitrogens with zero attached hydrogens (tertiary/aromatic N) is 2. The van der Waals surface area contributed by atoms with Gasteiger partial charge in [-0.3, -0.25) is 10.1 Å². The third-order valence-electron chi connectivity index (χ3n) is 3.43. The topological polar surface area (TPSA) is 110 Å². The molecule has 0 amide bonds. The lowest BCUT2D eigenvalue weighted by Crippen LogP contribution is -2.03. The first-order valence-corrected chi connectivity index (χ1v) is 8.54. The van der Waals surface area contributed by atoms with E-state index in [2.05, 4.69) is 0 Å². The van der Waals surface area contributed by atoms with Crippen molar-refractivity contribution in [2.24, 2.45) is 0 Å². The van der Waals surface area contributed by atoms with Crippen LogP contribution in [0.1, 0.15) is 11.1 Å². The monoisotopic (exact) mass is 358 g/mol. The van der Waals surface area contributed by atoms with Crippen LogP contribution in [0.4, 0.5) is 5.69 Å². The molecule has 0 heterocycles. The van der Waals surface area contributed by atoms with E-state index in [1.165, 1.54) is 31.4 Å². The number of allylic oxidation sites excluding steroid dienone is 1. The Morgan fingerprint density at radius 2 is 1.88 bits per heavy atom. The molecule has 0 unspecified atom stereocenters. The second kappa shape index (κ2) is 7.15. The van der Waals surface area contributed by atoms with Crippen LogP contribution in [0.3, 0.4) is 0 Å². The third-order valence-corrected chi connectivity index (χ3v) is 5.11. The molecule has 7 nitrogen and oxygen atoms in total. The second-order valence-corrected chi connectivity index (χ2v) is 7.04. The van der Waals surface area contributed by atoms with E-state index >= 15 is 0 Å². The zero-order chi connectivity index (χ0) is 18.6. The van der Waals surface area contributed by atoms with E-state index in [-0.39, 0.29) is 21.9 Å². The van der Waals surface area contributed by atoms with E-state index < -0.39 is 19.7 Å². The summed E-state index contributed by atoms with van der Waals surface area (Å²) >= 11 is 0. The molecular weight excluding hydrogens is 344 g/mol. The normalized spacial score (nSPS) is 11.6. The highest BCUT2D eigenvalue weighted by atomic mass is 32.2. The van der Waals surface area contributed by atoms with Crippen LogP contribution in [0.5, 0.6) is 5.75 Å². The van der Waals surface area contributed by atoms with Crippen LogP contribution in [0.2, 0.25) is 0 Å². The number of ether oxygens (including phenoxy) is 1. The van der Waals surface area contributed by atoms with E-state index in [4.69, 9.17) is 4.74 Å². The molecule has 0 bridgehead atoms. The van der Waals surface area contributed by atoms with Gasteiger partial charge in [0.25, 0.3) is 0 Å². The molecular formula is C17H14N2O5S. The zero-order valence-corrected chi connectivity index (χ0v) is 14.3. The quantitative estimate of drug-likeness (QED) is 0.461. The predicted octanol–water partition coefficient (Wildman–Crippen LogP) is 3.25. The number of hydrogen-bond acceptors (Lipinski definition) is 6. The van der Waals surface area contributed by atoms with E-state index in [1.54, 1.807) is 18.2 Å². The van der Waals surface area contributed by atoms with Gasteiger partial charge in [0, 0.05) is 6.07 Å². The van der Waals surface area contributed by atoms with Gasteiger partial charge in [0.1, 0.15) is 11.0 Å². The van der Waals surface area contributed by atoms with Gasteiger partial charge in [-0.25, -0.2) is 8.42 Å². The van der Waals surface area contributed by atoms with Crippen molar-refractivity contribution in [1.82, 2.24) is 0 Å². The summed E-state index contributed by atoms with van der Waals surface area (Å²) < 4.78 is 30.0. The molecule has 0 aliphatic carbocycles. The fourth-order valence-corrected chi connectivity index (χ4v) is 3.26. The van der Waals surface area contributed by atoms with E-state index in [0.717, 1.165) is 17.7 Å². The molecule has 0 saturated heterocycles. The number of hydrogen-bond donors (Lipinski definition) is 0. The minimum Gasteiger partial charge on any atom is -0.490 e. The number of methoxy groups -OCH3 is 1. The zero-order valence-electron chi connectivity index (χ0n) is 13.5. The lowest BCUT2D eigenvalue weighted by atomic mass is 10.2. The molecule has 2 rings (SSSR count). The summed E-state index contributed by atoms with van der Waals surface area (Å²) in [4.78, 5) is 9.89. The van der Waals surface area contributed by atoms with Crippen molar-refractivity contribution in [3.8, 4) is 11.8 Å². The maximum absolute atomic E-state index is 12.6. The molecule has 0 aliphatic rings. The molecule has 0 aliphatic heterocycles. The van der Waals surface area contributed by atoms with Crippen LogP contribution in [0, 0.1) is 28.4 Å². The molecule has 2 aromatic carbocycles. The van der Waals surface area contributed by atoms with E-state index in [9.17, 15) is 23.8 Å². The number of nitriles is 1. The summed E-state index contributed by atoms with van der Waals surface area (Å²) in [7, 11) is -2.72. The van der Waals surface area contributed by atoms with Gasteiger partial charge in [-0.05, 0) is 36.8 Å². The van der Waals surface area contributed by atoms with Crippen LogP contribution in [0.25, 0.3) is 6.08 Å². The van der Waals surface area contributed by atoms with Crippen molar-refractivity contribution in [2.75, 3.05) is 7.11 Å². The van der Waals surface area contributed by atoms with Gasteiger partial charge in [0.2, 0.25) is 9.84 Å². The standard InChI is InChI=1S/C17H14N2O5S/c1-12-3-6-14(7-4-12)25(22,23)15(11-18)9-13-5-8-17(24-2)16(10-13)19(20)21/h3-10H,1-2H3. The first kappa shape index (κ1) is 18.2. The van der Waals surface area contributed by atoms with Gasteiger partial charge in [0.05, 0.1) is 16.9 Å². The number of benzene rings is 2. The lowest BCUT2D eigenvalue weighted by molar-refractivity contribution is -0.385. The first-order valence-electron chi connectivity index (χ1n) is 7.05. The molecule has 8 heteroatoms. The second-order valence-electron chi connectivity index (χ2n) is 5.13. The third kappa shape index (κ3) is 3.84. The number of aryl methyl sites for hydroxylation is 1. The Morgan fingerprint density at radius 3 is 2.40 bits per heavy atom. The summed E-state index contributed by atoms with van der Waals surface area (Å²) in [5.41, 5.74) is 0.772. The molecule has 0 N–H and O–H groups in total. The fraction of sp³-hybridized carbons (Fsp3) is 0.118. The van der Waals surface area contributed by atoms with Crippen LogP contribution in [0.15, 0.2) is 52.3 Å². The lowest BCUT2D eigenvalue weighted by Gasteiger charge is -2.05. The summed E-state index contributed by atoms with van der Waals surface area (Å²) in [5.74, 6) is 0.0436. The number of rotatable bonds is 5. The van der Waals surface area contributed by atoms with Crippen LogP contribution >= 0.6 is 0 Å². The highest BCUT2D eigenvalue weighted by Crippen LogP contribution is 2.29. The fourth-order valence-electron chi connectivity index (χ4n) is 2.11. The van der Waals surface area contributed by atoms with Crippen LogP contribution in [-0.4, -0.2) is 20.5 Å². The number of nitro groups is 1. The molecule has 0 saturated carbocycles. The molecule has 128 valence electrons. The van der Waals surface area contributed by atoms with Crippen molar-refractivity contribution in [2.45, 2.75) is 11.8 Å². The van der Waals surface area contributed by atoms with E-state index in [0.29, 0.717) is 0 Å². The molecule has 0 spiro atoms. The highest BCUT2D eigenvalue weighted by Gasteiger charge is 2.21. The van der Waals surface area contributed by atoms with Gasteiger partial charge in [-0.2, -0.15) is 5.26 Å². The summed E-state index contributed by atoms with van der Waals surface area (Å²) in [6.07, 6.45) is 1.10. The molecule has 0 atom stereocenters. The highest BCUT2D eigenvalue weighted by molar-refractivity contribution is 7.95. The number of sulfone groups is 1. The first-order chi connectivity index (χ1) is 11.8. The minimum absolute atomic E-state index is 0.0195. The van der Waals surface area contributed by atoms with Crippen molar-refractivity contribution >= 4 is 21.6 Å². The molecule has 0 aromatic heterocycles. The van der Waals surface area contributed by atoms with Crippen molar-refractivity contribution in [3.05, 3.63) is 68.6 Å². The van der Waals surface area contributed by atoms with E-state index in [1.807, 2.05) is 6.92 Å². The molecule has 0 radical (unpaired) electrons. The van der Waals surface area contributed by atoms with Gasteiger partial charge in [-0.1, -0.05) is 23.8 Å². The summed E-state index contributed by atoms with van der Waals surface area (Å²) in [5, 5.41) is 20.3. The smallest absolute Gasteiger partial charge is 0.311 e. The largest absolute Gasteiger partial charge is 0.490 e. The molecule has 0 fully saturated rings. The number of nitro benzene ring substituents is 1. The van der Waals surface area contributed by atoms with Crippen molar-refractivity contribution in [3.63, 3.8) is 0 Å².